The zero-order valence-corrected chi connectivity index (χ0v) is 15.2. The number of hydrogen-bond acceptors (Lipinski definition) is 7. The lowest BCUT2D eigenvalue weighted by molar-refractivity contribution is 0.0833. The number of carbonyl (C=O) groups excluding carboxylic acids is 1. The molecule has 0 saturated carbocycles. The summed E-state index contributed by atoms with van der Waals surface area (Å²) in [4.78, 5) is 15.1. The molecular formula is C17H18ClN3O3S. The minimum atomic E-state index is 0.0443. The van der Waals surface area contributed by atoms with E-state index >= 15 is 0 Å². The van der Waals surface area contributed by atoms with Crippen LogP contribution in [0.2, 0.25) is 4.34 Å². The predicted molar refractivity (Wildman–Crippen MR) is 94.7 cm³/mol. The van der Waals surface area contributed by atoms with E-state index in [1.807, 2.05) is 18.2 Å². The van der Waals surface area contributed by atoms with E-state index in [0.29, 0.717) is 41.2 Å². The highest BCUT2D eigenvalue weighted by Crippen LogP contribution is 2.32. The maximum absolute atomic E-state index is 12.8. The van der Waals surface area contributed by atoms with Crippen LogP contribution in [-0.4, -0.2) is 46.6 Å². The van der Waals surface area contributed by atoms with Crippen molar-refractivity contribution in [3.8, 4) is 11.5 Å². The first kappa shape index (κ1) is 16.8. The molecule has 2 aliphatic rings. The molecule has 2 aliphatic heterocycles. The number of carbonyl (C=O) groups is 1. The van der Waals surface area contributed by atoms with Gasteiger partial charge in [-0.15, -0.1) is 5.10 Å². The molecule has 1 aromatic heterocycles. The van der Waals surface area contributed by atoms with E-state index in [4.69, 9.17) is 21.1 Å². The lowest BCUT2D eigenvalue weighted by atomic mass is 9.88. The third-order valence-electron chi connectivity index (χ3n) is 4.67. The number of Topliss-reactive ketones (excluding diaryl/α,β-unsaturated/α-hetero) is 1. The Hall–Kier alpha value is -1.70. The molecule has 8 heteroatoms. The Balaban J connectivity index is 1.37. The van der Waals surface area contributed by atoms with Gasteiger partial charge in [0.25, 0.3) is 0 Å². The lowest BCUT2D eigenvalue weighted by Gasteiger charge is -2.30. The van der Waals surface area contributed by atoms with Crippen molar-refractivity contribution in [1.29, 1.82) is 0 Å². The van der Waals surface area contributed by atoms with Gasteiger partial charge in [-0.25, -0.2) is 0 Å². The summed E-state index contributed by atoms with van der Waals surface area (Å²) in [5.74, 6) is 1.61. The molecule has 0 spiro atoms. The molecule has 2 aromatic rings. The highest BCUT2D eigenvalue weighted by atomic mass is 35.5. The van der Waals surface area contributed by atoms with E-state index in [-0.39, 0.29) is 11.7 Å². The minimum absolute atomic E-state index is 0.0443. The maximum atomic E-state index is 12.8. The molecule has 4 rings (SSSR count). The van der Waals surface area contributed by atoms with Crippen molar-refractivity contribution in [2.24, 2.45) is 5.92 Å². The molecule has 0 radical (unpaired) electrons. The third kappa shape index (κ3) is 3.63. The second-order valence-electron chi connectivity index (χ2n) is 6.27. The zero-order chi connectivity index (χ0) is 17.2. The average Bonchev–Trinajstić information content (AvgIpc) is 3.06. The first-order chi connectivity index (χ1) is 12.2. The van der Waals surface area contributed by atoms with E-state index in [2.05, 4.69) is 14.5 Å². The first-order valence-corrected chi connectivity index (χ1v) is 9.49. The summed E-state index contributed by atoms with van der Waals surface area (Å²) in [5, 5.41) is 4.05. The Kier molecular flexibility index (Phi) is 4.87. The predicted octanol–water partition coefficient (Wildman–Crippen LogP) is 3.06. The van der Waals surface area contributed by atoms with Crippen LogP contribution in [0, 0.1) is 5.92 Å². The molecule has 6 nitrogen and oxygen atoms in total. The molecule has 1 aromatic carbocycles. The summed E-state index contributed by atoms with van der Waals surface area (Å²) in [6, 6.07) is 5.47. The van der Waals surface area contributed by atoms with Crippen molar-refractivity contribution in [1.82, 2.24) is 14.5 Å². The topological polar surface area (TPSA) is 64.6 Å². The number of rotatable bonds is 4. The van der Waals surface area contributed by atoms with Crippen LogP contribution in [0.25, 0.3) is 0 Å². The fourth-order valence-corrected chi connectivity index (χ4v) is 3.90. The van der Waals surface area contributed by atoms with E-state index < -0.39 is 0 Å². The van der Waals surface area contributed by atoms with Gasteiger partial charge in [0.15, 0.2) is 17.3 Å². The molecule has 0 amide bonds. The maximum Gasteiger partial charge on any atom is 0.166 e. The number of benzene rings is 1. The van der Waals surface area contributed by atoms with Crippen LogP contribution in [0.15, 0.2) is 18.2 Å². The Morgan fingerprint density at radius 1 is 1.24 bits per heavy atom. The van der Waals surface area contributed by atoms with E-state index in [1.165, 1.54) is 11.5 Å². The number of aromatic nitrogens is 2. The van der Waals surface area contributed by atoms with Crippen molar-refractivity contribution >= 4 is 28.9 Å². The van der Waals surface area contributed by atoms with E-state index in [0.717, 1.165) is 31.6 Å². The van der Waals surface area contributed by atoms with Crippen LogP contribution in [0.3, 0.4) is 0 Å². The molecule has 0 aliphatic carbocycles. The van der Waals surface area contributed by atoms with Gasteiger partial charge in [0, 0.05) is 29.6 Å². The molecule has 0 N–H and O–H groups in total. The molecule has 0 atom stereocenters. The summed E-state index contributed by atoms with van der Waals surface area (Å²) in [5.41, 5.74) is 1.53. The number of piperidine rings is 1. The van der Waals surface area contributed by atoms with Gasteiger partial charge in [-0.1, -0.05) is 16.1 Å². The van der Waals surface area contributed by atoms with Crippen LogP contribution in [0.4, 0.5) is 0 Å². The first-order valence-electron chi connectivity index (χ1n) is 8.33. The number of ketones is 1. The molecule has 25 heavy (non-hydrogen) atoms. The number of fused-ring (bicyclic) bond motifs is 1. The van der Waals surface area contributed by atoms with Gasteiger partial charge < -0.3 is 9.47 Å². The second kappa shape index (κ2) is 7.27. The van der Waals surface area contributed by atoms with Crippen LogP contribution in [-0.2, 0) is 6.54 Å². The average molecular weight is 380 g/mol. The zero-order valence-electron chi connectivity index (χ0n) is 13.6. The molecular weight excluding hydrogens is 362 g/mol. The van der Waals surface area contributed by atoms with Gasteiger partial charge in [-0.3, -0.25) is 9.69 Å². The van der Waals surface area contributed by atoms with Gasteiger partial charge in [0.05, 0.1) is 0 Å². The molecule has 1 fully saturated rings. The van der Waals surface area contributed by atoms with Crippen molar-refractivity contribution in [2.45, 2.75) is 19.4 Å². The SMILES string of the molecule is O=C(c1ccc2c(c1)OCCO2)C1CCN(Cc2nnsc2Cl)CC1. The van der Waals surface area contributed by atoms with E-state index in [9.17, 15) is 4.79 Å². The van der Waals surface area contributed by atoms with Crippen molar-refractivity contribution in [3.63, 3.8) is 0 Å². The smallest absolute Gasteiger partial charge is 0.166 e. The van der Waals surface area contributed by atoms with Crippen LogP contribution in [0.1, 0.15) is 28.9 Å². The summed E-state index contributed by atoms with van der Waals surface area (Å²) in [6.45, 7) is 3.48. The quantitative estimate of drug-likeness (QED) is 0.761. The Labute approximate surface area is 154 Å². The minimum Gasteiger partial charge on any atom is -0.486 e. The fourth-order valence-electron chi connectivity index (χ4n) is 3.29. The monoisotopic (exact) mass is 379 g/mol. The summed E-state index contributed by atoms with van der Waals surface area (Å²) >= 11 is 7.28. The number of hydrogen-bond donors (Lipinski definition) is 0. The van der Waals surface area contributed by atoms with Crippen molar-refractivity contribution in [3.05, 3.63) is 33.8 Å². The standard InChI is InChI=1S/C17H18ClN3O3S/c18-17-13(19-20-25-17)10-21-5-3-11(4-6-21)16(22)12-1-2-14-15(9-12)24-8-7-23-14/h1-2,9,11H,3-8,10H2. The van der Waals surface area contributed by atoms with Crippen LogP contribution >= 0.6 is 23.1 Å². The molecule has 0 bridgehead atoms. The van der Waals surface area contributed by atoms with Gasteiger partial charge in [0.1, 0.15) is 23.2 Å². The van der Waals surface area contributed by atoms with Crippen LogP contribution in [0.5, 0.6) is 11.5 Å². The number of halogens is 1. The van der Waals surface area contributed by atoms with Gasteiger partial charge in [-0.05, 0) is 44.1 Å². The van der Waals surface area contributed by atoms with Gasteiger partial charge in [-0.2, -0.15) is 0 Å². The van der Waals surface area contributed by atoms with E-state index in [1.54, 1.807) is 0 Å². The third-order valence-corrected chi connectivity index (χ3v) is 5.65. The Bertz CT molecular complexity index is 774. The Morgan fingerprint density at radius 3 is 2.72 bits per heavy atom. The summed E-state index contributed by atoms with van der Waals surface area (Å²) in [7, 11) is 0. The molecule has 3 heterocycles. The summed E-state index contributed by atoms with van der Waals surface area (Å²) in [6.07, 6.45) is 1.67. The van der Waals surface area contributed by atoms with Crippen molar-refractivity contribution < 1.29 is 14.3 Å². The van der Waals surface area contributed by atoms with Crippen LogP contribution < -0.4 is 9.47 Å². The normalized spacial score (nSPS) is 18.3. The number of ether oxygens (including phenoxy) is 2. The fraction of sp³-hybridized carbons (Fsp3) is 0.471. The van der Waals surface area contributed by atoms with Gasteiger partial charge in [0.2, 0.25) is 0 Å². The second-order valence-corrected chi connectivity index (χ2v) is 7.62. The largest absolute Gasteiger partial charge is 0.486 e. The molecule has 132 valence electrons. The number of likely N-dealkylation sites (tertiary alicyclic amines) is 1. The highest BCUT2D eigenvalue weighted by molar-refractivity contribution is 7.10. The molecule has 1 saturated heterocycles. The van der Waals surface area contributed by atoms with Crippen molar-refractivity contribution in [2.75, 3.05) is 26.3 Å². The van der Waals surface area contributed by atoms with Gasteiger partial charge >= 0.3 is 0 Å². The molecule has 0 unspecified atom stereocenters. The number of nitrogens with zero attached hydrogens (tertiary/aromatic N) is 3. The Morgan fingerprint density at radius 2 is 2.00 bits per heavy atom. The summed E-state index contributed by atoms with van der Waals surface area (Å²) < 4.78 is 15.6. The highest BCUT2D eigenvalue weighted by Gasteiger charge is 2.27. The lowest BCUT2D eigenvalue weighted by Crippen LogP contribution is -2.36.